The molecule has 0 aliphatic heterocycles. The number of phenolic OH excluding ortho intramolecular Hbond substituents is 1. The molecule has 32 nitrogen and oxygen atoms in total. The third kappa shape index (κ3) is 30.1. The summed E-state index contributed by atoms with van der Waals surface area (Å²) in [5.74, 6) is -10.4. The van der Waals surface area contributed by atoms with Gasteiger partial charge in [-0.2, -0.15) is 23.5 Å². The Bertz CT molecular complexity index is 2460. The number of aliphatic carboxylic acids is 1. The highest BCUT2D eigenvalue weighted by Gasteiger charge is 2.38. The summed E-state index contributed by atoms with van der Waals surface area (Å²) in [4.78, 5) is 145. The minimum absolute atomic E-state index is 0.0101. The lowest BCUT2D eigenvalue weighted by molar-refractivity contribution is -0.142. The number of hydrogen-bond acceptors (Lipinski definition) is 20. The number of carbonyl (C=O) groups excluding carboxylic acids is 9. The Morgan fingerprint density at radius 2 is 0.898 bits per heavy atom. The molecule has 0 radical (unpaired) electrons. The van der Waals surface area contributed by atoms with Gasteiger partial charge in [0.15, 0.2) is 11.9 Å². The van der Waals surface area contributed by atoms with Crippen LogP contribution >= 0.6 is 23.5 Å². The number of guanidine groups is 2. The summed E-state index contributed by atoms with van der Waals surface area (Å²) in [5, 5.41) is 74.2. The standard InChI is InChI=1S/C54H95N17O15S2/c1-7-28(2)40(69-51(84)42(30(4)74)70-43(76)33(56)19-24-87-5)49(82)71-41(29(3)73)50(83)65-34(12-8-9-21-55)44(77)64-36(20-25-88-6)46(79)67-38(26-31-15-17-32(75)18-16-31)47(80)68-39(27-72)48(81)63-35(13-10-22-61-53(57)58)45(78)66-37(52(85)86)14-11-23-62-54(59)60/h15-18,28-30,33-42,72-75H,7-14,19-27,55-56H2,1-6H3,(H,63,81)(H,64,77)(H,65,83)(H,66,78)(H,67,79)(H,68,80)(H,69,84)(H,70,76)(H,71,82)(H,85,86)(H4,57,58,61)(H4,59,60,62)/t28-,29+,30+,33-,34-,35-,36-,37-,38-,39-,40-,41-,42-/m0/s1. The van der Waals surface area contributed by atoms with E-state index in [1.807, 2.05) is 6.26 Å². The second-order valence-corrected chi connectivity index (χ2v) is 22.9. The topological polar surface area (TPSA) is 561 Å². The van der Waals surface area contributed by atoms with Gasteiger partial charge in [0, 0.05) is 19.5 Å². The fraction of sp³-hybridized carbons (Fsp3) is 0.667. The van der Waals surface area contributed by atoms with Crippen molar-refractivity contribution >= 4 is 94.6 Å². The van der Waals surface area contributed by atoms with Crippen LogP contribution in [-0.2, 0) is 54.4 Å². The first-order valence-electron chi connectivity index (χ1n) is 28.8. The van der Waals surface area contributed by atoms with Gasteiger partial charge in [0.25, 0.3) is 0 Å². The summed E-state index contributed by atoms with van der Waals surface area (Å²) in [6.45, 7) is 4.98. The number of rotatable bonds is 44. The van der Waals surface area contributed by atoms with Gasteiger partial charge < -0.3 is 108 Å². The molecule has 0 heterocycles. The van der Waals surface area contributed by atoms with Crippen molar-refractivity contribution in [2.75, 3.05) is 50.3 Å². The van der Waals surface area contributed by atoms with Crippen molar-refractivity contribution in [1.29, 1.82) is 0 Å². The number of aliphatic imine (C=N–C) groups is 2. The van der Waals surface area contributed by atoms with Crippen LogP contribution in [0.15, 0.2) is 34.3 Å². The Morgan fingerprint density at radius 1 is 0.511 bits per heavy atom. The molecule has 9 amide bonds. The van der Waals surface area contributed by atoms with Gasteiger partial charge in [-0.15, -0.1) is 0 Å². The monoisotopic (exact) mass is 1290 g/mol. The van der Waals surface area contributed by atoms with Gasteiger partial charge in [-0.1, -0.05) is 32.4 Å². The van der Waals surface area contributed by atoms with Crippen LogP contribution in [-0.4, -0.2) is 219 Å². The molecule has 1 aromatic carbocycles. The summed E-state index contributed by atoms with van der Waals surface area (Å²) < 4.78 is 0. The number of nitrogens with zero attached hydrogens (tertiary/aromatic N) is 2. The Morgan fingerprint density at radius 3 is 1.36 bits per heavy atom. The smallest absolute Gasteiger partial charge is 0.326 e. The van der Waals surface area contributed by atoms with Crippen LogP contribution in [0.3, 0.4) is 0 Å². The SMILES string of the molecule is CC[C@H](C)[C@H](NC(=O)[C@@H](NC(=O)[C@@H](N)CCSC)[C@@H](C)O)C(=O)N[C@H](C(=O)N[C@@H](CCCCN)C(=O)N[C@@H](CCSC)C(=O)N[C@@H](Cc1ccc(O)cc1)C(=O)N[C@@H](CO)C(=O)N[C@@H](CCCN=C(N)N)C(=O)N[C@@H](CCCN=C(N)N)C(=O)O)[C@@H](C)O. The molecule has 26 N–H and O–H groups in total. The van der Waals surface area contributed by atoms with E-state index < -0.39 is 144 Å². The van der Waals surface area contributed by atoms with Crippen molar-refractivity contribution in [3.8, 4) is 5.75 Å². The summed E-state index contributed by atoms with van der Waals surface area (Å²) in [5.41, 5.74) is 33.7. The number of thioether (sulfide) groups is 2. The first-order valence-corrected chi connectivity index (χ1v) is 31.6. The quantitative estimate of drug-likeness (QED) is 0.0164. The Labute approximate surface area is 521 Å². The number of nitrogens with one attached hydrogen (secondary N) is 9. The highest BCUT2D eigenvalue weighted by atomic mass is 32.2. The number of nitrogens with two attached hydrogens (primary N) is 6. The van der Waals surface area contributed by atoms with Crippen molar-refractivity contribution in [1.82, 2.24) is 47.9 Å². The van der Waals surface area contributed by atoms with Gasteiger partial charge in [0.2, 0.25) is 53.2 Å². The van der Waals surface area contributed by atoms with Crippen molar-refractivity contribution < 1.29 is 73.5 Å². The molecule has 498 valence electrons. The normalized spacial score (nSPS) is 15.5. The third-order valence-corrected chi connectivity index (χ3v) is 15.0. The molecular weight excluding hydrogens is 1190 g/mol. The summed E-state index contributed by atoms with van der Waals surface area (Å²) in [6, 6.07) is -9.31. The van der Waals surface area contributed by atoms with E-state index >= 15 is 0 Å². The first-order chi connectivity index (χ1) is 41.5. The van der Waals surface area contributed by atoms with Gasteiger partial charge in [-0.05, 0) is 126 Å². The largest absolute Gasteiger partial charge is 0.508 e. The number of aliphatic hydroxyl groups is 3. The van der Waals surface area contributed by atoms with E-state index in [0.29, 0.717) is 24.2 Å². The molecule has 0 aromatic heterocycles. The van der Waals surface area contributed by atoms with Crippen LogP contribution in [0.1, 0.15) is 97.5 Å². The maximum Gasteiger partial charge on any atom is 0.326 e. The van der Waals surface area contributed by atoms with Gasteiger partial charge in [0.1, 0.15) is 60.1 Å². The van der Waals surface area contributed by atoms with Crippen LogP contribution < -0.4 is 82.3 Å². The molecule has 88 heavy (non-hydrogen) atoms. The van der Waals surface area contributed by atoms with Crippen LogP contribution in [0.4, 0.5) is 0 Å². The average molecular weight is 1290 g/mol. The van der Waals surface area contributed by atoms with E-state index in [0.717, 1.165) is 0 Å². The number of amides is 9. The van der Waals surface area contributed by atoms with Crippen LogP contribution in [0, 0.1) is 5.92 Å². The second kappa shape index (κ2) is 42.6. The molecule has 0 aliphatic carbocycles. The number of hydrogen-bond donors (Lipinski definition) is 20. The molecule has 34 heteroatoms. The second-order valence-electron chi connectivity index (χ2n) is 20.9. The van der Waals surface area contributed by atoms with Crippen LogP contribution in [0.2, 0.25) is 0 Å². The Balaban J connectivity index is 3.60. The molecule has 0 saturated carbocycles. The molecular formula is C54H95N17O15S2. The Kier molecular flexibility index (Phi) is 38.1. The number of phenols is 1. The summed E-state index contributed by atoms with van der Waals surface area (Å²) >= 11 is 2.75. The van der Waals surface area contributed by atoms with E-state index in [-0.39, 0.29) is 101 Å². The van der Waals surface area contributed by atoms with Crippen molar-refractivity contribution in [2.24, 2.45) is 50.3 Å². The Hall–Kier alpha value is -7.24. The maximum absolute atomic E-state index is 14.4. The van der Waals surface area contributed by atoms with Gasteiger partial charge in [-0.25, -0.2) is 4.79 Å². The lowest BCUT2D eigenvalue weighted by Crippen LogP contribution is -2.63. The molecule has 0 aliphatic rings. The molecule has 0 unspecified atom stereocenters. The lowest BCUT2D eigenvalue weighted by Gasteiger charge is -2.30. The first kappa shape index (κ1) is 78.8. The molecule has 0 bridgehead atoms. The fourth-order valence-corrected chi connectivity index (χ4v) is 9.29. The minimum Gasteiger partial charge on any atom is -0.508 e. The number of benzene rings is 1. The van der Waals surface area contributed by atoms with Crippen molar-refractivity contribution in [3.63, 3.8) is 0 Å². The molecule has 0 saturated heterocycles. The van der Waals surface area contributed by atoms with E-state index in [4.69, 9.17) is 34.4 Å². The minimum atomic E-state index is -1.80. The number of carbonyl (C=O) groups is 10. The van der Waals surface area contributed by atoms with Gasteiger partial charge in [-0.3, -0.25) is 53.1 Å². The molecule has 0 fully saturated rings. The van der Waals surface area contributed by atoms with E-state index in [9.17, 15) is 73.5 Å². The summed E-state index contributed by atoms with van der Waals surface area (Å²) in [7, 11) is 0. The highest BCUT2D eigenvalue weighted by Crippen LogP contribution is 2.15. The van der Waals surface area contributed by atoms with Crippen LogP contribution in [0.25, 0.3) is 0 Å². The number of carboxylic acid groups (broad SMARTS) is 1. The zero-order valence-corrected chi connectivity index (χ0v) is 52.5. The number of aliphatic hydroxyl groups excluding tert-OH is 3. The third-order valence-electron chi connectivity index (χ3n) is 13.7. The number of aromatic hydroxyl groups is 1. The molecule has 1 aromatic rings. The van der Waals surface area contributed by atoms with E-state index in [1.54, 1.807) is 20.1 Å². The van der Waals surface area contributed by atoms with Crippen LogP contribution in [0.5, 0.6) is 5.75 Å². The predicted octanol–water partition coefficient (Wildman–Crippen LogP) is -5.75. The summed E-state index contributed by atoms with van der Waals surface area (Å²) in [6.07, 6.45) is 1.26. The van der Waals surface area contributed by atoms with Gasteiger partial charge >= 0.3 is 5.97 Å². The van der Waals surface area contributed by atoms with E-state index in [2.05, 4.69) is 57.8 Å². The highest BCUT2D eigenvalue weighted by molar-refractivity contribution is 7.98. The maximum atomic E-state index is 14.4. The van der Waals surface area contributed by atoms with Gasteiger partial charge in [0.05, 0.1) is 24.9 Å². The fourth-order valence-electron chi connectivity index (χ4n) is 8.33. The van der Waals surface area contributed by atoms with E-state index in [1.165, 1.54) is 61.6 Å². The average Bonchev–Trinajstić information content (AvgIpc) is 3.68. The zero-order valence-electron chi connectivity index (χ0n) is 50.8. The predicted molar refractivity (Wildman–Crippen MR) is 333 cm³/mol. The molecule has 1 rings (SSSR count). The molecule has 0 spiro atoms. The van der Waals surface area contributed by atoms with Crippen molar-refractivity contribution in [2.45, 2.75) is 171 Å². The number of carboxylic acids is 1. The molecule has 13 atom stereocenters. The zero-order chi connectivity index (χ0) is 66.6. The van der Waals surface area contributed by atoms with Crippen molar-refractivity contribution in [3.05, 3.63) is 29.8 Å². The lowest BCUT2D eigenvalue weighted by atomic mass is 9.96. The number of unbranched alkanes of at least 4 members (excludes halogenated alkanes) is 1.